The van der Waals surface area contributed by atoms with Crippen molar-refractivity contribution in [3.05, 3.63) is 35.4 Å². The van der Waals surface area contributed by atoms with E-state index in [0.717, 1.165) is 13.1 Å². The van der Waals surface area contributed by atoms with E-state index in [4.69, 9.17) is 5.73 Å². The minimum atomic E-state index is 0.268. The molecule has 1 saturated heterocycles. The molecule has 0 bridgehead atoms. The maximum absolute atomic E-state index is 6.13. The highest BCUT2D eigenvalue weighted by Crippen LogP contribution is 2.38. The lowest BCUT2D eigenvalue weighted by atomic mass is 9.69. The molecule has 2 N–H and O–H groups in total. The summed E-state index contributed by atoms with van der Waals surface area (Å²) in [4.78, 5) is 2.56. The smallest absolute Gasteiger partial charge is 0.0233 e. The van der Waals surface area contributed by atoms with Crippen molar-refractivity contribution in [2.24, 2.45) is 5.73 Å². The van der Waals surface area contributed by atoms with E-state index < -0.39 is 0 Å². The number of hydrogen-bond acceptors (Lipinski definition) is 2. The topological polar surface area (TPSA) is 29.3 Å². The molecule has 1 aromatic rings. The summed E-state index contributed by atoms with van der Waals surface area (Å²) < 4.78 is 0. The first kappa shape index (κ1) is 14.1. The number of hydrogen-bond donors (Lipinski definition) is 1. The monoisotopic (exact) mass is 272 g/mol. The Bertz CT molecular complexity index is 412. The molecule has 2 aliphatic rings. The number of nitrogens with zero attached hydrogens (tertiary/aromatic N) is 1. The Labute approximate surface area is 123 Å². The molecule has 0 unspecified atom stereocenters. The van der Waals surface area contributed by atoms with Crippen molar-refractivity contribution < 1.29 is 0 Å². The lowest BCUT2D eigenvalue weighted by Crippen LogP contribution is -2.37. The van der Waals surface area contributed by atoms with Gasteiger partial charge in [0.15, 0.2) is 0 Å². The van der Waals surface area contributed by atoms with E-state index in [0.29, 0.717) is 0 Å². The van der Waals surface area contributed by atoms with Crippen LogP contribution in [0.2, 0.25) is 0 Å². The molecule has 0 spiro atoms. The summed E-state index contributed by atoms with van der Waals surface area (Å²) in [7, 11) is 0. The van der Waals surface area contributed by atoms with Crippen LogP contribution in [0.3, 0.4) is 0 Å². The van der Waals surface area contributed by atoms with Crippen molar-refractivity contribution >= 4 is 0 Å². The Morgan fingerprint density at radius 1 is 0.900 bits per heavy atom. The molecule has 1 saturated carbocycles. The third-order valence-electron chi connectivity index (χ3n) is 5.37. The van der Waals surface area contributed by atoms with Gasteiger partial charge in [0, 0.05) is 18.5 Å². The minimum absolute atomic E-state index is 0.268. The lowest BCUT2D eigenvalue weighted by molar-refractivity contribution is 0.300. The van der Waals surface area contributed by atoms with E-state index in [1.165, 1.54) is 69.2 Å². The maximum atomic E-state index is 6.13. The average Bonchev–Trinajstić information content (AvgIpc) is 3.02. The zero-order valence-corrected chi connectivity index (χ0v) is 12.6. The summed E-state index contributed by atoms with van der Waals surface area (Å²) in [6.07, 6.45) is 9.35. The van der Waals surface area contributed by atoms with Gasteiger partial charge in [0.05, 0.1) is 0 Å². The molecule has 0 atom stereocenters. The molecule has 2 nitrogen and oxygen atoms in total. The third-order valence-corrected chi connectivity index (χ3v) is 5.37. The summed E-state index contributed by atoms with van der Waals surface area (Å²) >= 11 is 0. The number of likely N-dealkylation sites (tertiary alicyclic amines) is 1. The summed E-state index contributed by atoms with van der Waals surface area (Å²) in [5, 5.41) is 0. The molecule has 20 heavy (non-hydrogen) atoms. The van der Waals surface area contributed by atoms with Gasteiger partial charge >= 0.3 is 0 Å². The van der Waals surface area contributed by atoms with Crippen LogP contribution in [-0.2, 0) is 12.0 Å². The van der Waals surface area contributed by atoms with Gasteiger partial charge < -0.3 is 5.73 Å². The number of rotatable bonds is 4. The van der Waals surface area contributed by atoms with Gasteiger partial charge in [-0.1, -0.05) is 43.5 Å². The normalized spacial score (nSPS) is 23.1. The van der Waals surface area contributed by atoms with Crippen LogP contribution < -0.4 is 5.73 Å². The molecule has 2 heteroatoms. The van der Waals surface area contributed by atoms with Gasteiger partial charge in [-0.25, -0.2) is 0 Å². The minimum Gasteiger partial charge on any atom is -0.330 e. The van der Waals surface area contributed by atoms with Crippen LogP contribution >= 0.6 is 0 Å². The second-order valence-electron chi connectivity index (χ2n) is 6.73. The van der Waals surface area contributed by atoms with Crippen molar-refractivity contribution in [3.63, 3.8) is 0 Å². The van der Waals surface area contributed by atoms with Crippen molar-refractivity contribution in [1.82, 2.24) is 4.90 Å². The molecule has 3 rings (SSSR count). The Hall–Kier alpha value is -0.860. The zero-order valence-electron chi connectivity index (χ0n) is 12.6. The van der Waals surface area contributed by atoms with Gasteiger partial charge in [0.2, 0.25) is 0 Å². The highest BCUT2D eigenvalue weighted by atomic mass is 15.1. The molecule has 0 aromatic heterocycles. The first-order valence-corrected chi connectivity index (χ1v) is 8.34. The standard InChI is InChI=1S/C18H28N2/c19-15-18(10-2-1-3-11-18)17-8-6-16(7-9-17)14-20-12-4-5-13-20/h6-9H,1-5,10-15,19H2. The fourth-order valence-electron chi connectivity index (χ4n) is 4.00. The van der Waals surface area contributed by atoms with Crippen LogP contribution in [0.5, 0.6) is 0 Å². The Kier molecular flexibility index (Phi) is 4.42. The molecule has 1 aliphatic heterocycles. The first-order valence-electron chi connectivity index (χ1n) is 8.34. The number of benzene rings is 1. The Morgan fingerprint density at radius 2 is 1.55 bits per heavy atom. The molecule has 2 fully saturated rings. The summed E-state index contributed by atoms with van der Waals surface area (Å²) in [5.74, 6) is 0. The lowest BCUT2D eigenvalue weighted by Gasteiger charge is -2.37. The van der Waals surface area contributed by atoms with Crippen LogP contribution in [0, 0.1) is 0 Å². The Morgan fingerprint density at radius 3 is 2.15 bits per heavy atom. The SMILES string of the molecule is NCC1(c2ccc(CN3CCCC3)cc2)CCCCC1. The summed E-state index contributed by atoms with van der Waals surface area (Å²) in [6, 6.07) is 9.37. The third kappa shape index (κ3) is 2.91. The molecule has 0 amide bonds. The summed E-state index contributed by atoms with van der Waals surface area (Å²) in [6.45, 7) is 4.47. The van der Waals surface area contributed by atoms with Gasteiger partial charge in [-0.2, -0.15) is 0 Å². The van der Waals surface area contributed by atoms with E-state index in [1.807, 2.05) is 0 Å². The van der Waals surface area contributed by atoms with Crippen molar-refractivity contribution in [1.29, 1.82) is 0 Å². The van der Waals surface area contributed by atoms with E-state index in [1.54, 1.807) is 0 Å². The molecular formula is C18H28N2. The predicted octanol–water partition coefficient (Wildman–Crippen LogP) is 3.44. The van der Waals surface area contributed by atoms with Gasteiger partial charge in [-0.15, -0.1) is 0 Å². The van der Waals surface area contributed by atoms with Crippen molar-refractivity contribution in [3.8, 4) is 0 Å². The van der Waals surface area contributed by atoms with Crippen LogP contribution in [0.25, 0.3) is 0 Å². The predicted molar refractivity (Wildman–Crippen MR) is 84.8 cm³/mol. The van der Waals surface area contributed by atoms with Crippen LogP contribution in [0.15, 0.2) is 24.3 Å². The van der Waals surface area contributed by atoms with Crippen molar-refractivity contribution in [2.75, 3.05) is 19.6 Å². The van der Waals surface area contributed by atoms with Gasteiger partial charge in [0.25, 0.3) is 0 Å². The average molecular weight is 272 g/mol. The molecule has 1 aliphatic carbocycles. The first-order chi connectivity index (χ1) is 9.82. The molecule has 0 radical (unpaired) electrons. The molecule has 1 aromatic carbocycles. The van der Waals surface area contributed by atoms with E-state index in [-0.39, 0.29) is 5.41 Å². The molecule has 1 heterocycles. The van der Waals surface area contributed by atoms with E-state index >= 15 is 0 Å². The maximum Gasteiger partial charge on any atom is 0.0233 e. The second-order valence-corrected chi connectivity index (χ2v) is 6.73. The van der Waals surface area contributed by atoms with Crippen LogP contribution in [0.4, 0.5) is 0 Å². The van der Waals surface area contributed by atoms with Gasteiger partial charge in [-0.3, -0.25) is 4.90 Å². The molecular weight excluding hydrogens is 244 g/mol. The van der Waals surface area contributed by atoms with Gasteiger partial charge in [-0.05, 0) is 49.9 Å². The zero-order chi connectivity index (χ0) is 13.8. The summed E-state index contributed by atoms with van der Waals surface area (Å²) in [5.41, 5.74) is 9.33. The van der Waals surface area contributed by atoms with E-state index in [2.05, 4.69) is 29.2 Å². The van der Waals surface area contributed by atoms with Gasteiger partial charge in [0.1, 0.15) is 0 Å². The highest BCUT2D eigenvalue weighted by Gasteiger charge is 2.32. The largest absolute Gasteiger partial charge is 0.330 e. The van der Waals surface area contributed by atoms with E-state index in [9.17, 15) is 0 Å². The fourth-order valence-corrected chi connectivity index (χ4v) is 4.00. The Balaban J connectivity index is 1.70. The quantitative estimate of drug-likeness (QED) is 0.909. The number of nitrogens with two attached hydrogens (primary N) is 1. The van der Waals surface area contributed by atoms with Crippen LogP contribution in [-0.4, -0.2) is 24.5 Å². The fraction of sp³-hybridized carbons (Fsp3) is 0.667. The second kappa shape index (κ2) is 6.28. The molecule has 110 valence electrons. The highest BCUT2D eigenvalue weighted by molar-refractivity contribution is 5.30. The van der Waals surface area contributed by atoms with Crippen LogP contribution in [0.1, 0.15) is 56.1 Å². The van der Waals surface area contributed by atoms with Crippen molar-refractivity contribution in [2.45, 2.75) is 56.9 Å².